The molecular formula is C15H17N3O3. The molecule has 0 aliphatic heterocycles. The number of nitrogens with one attached hydrogen (secondary N) is 2. The minimum atomic E-state index is -0.639. The summed E-state index contributed by atoms with van der Waals surface area (Å²) in [7, 11) is 0. The minimum absolute atomic E-state index is 0.287. The van der Waals surface area contributed by atoms with Crippen LogP contribution in [0, 0.1) is 13.8 Å². The molecule has 2 aromatic heterocycles. The Labute approximate surface area is 120 Å². The number of aromatic nitrogens is 3. The number of hydrogen-bond donors (Lipinski definition) is 3. The maximum absolute atomic E-state index is 11.6. The highest BCUT2D eigenvalue weighted by molar-refractivity contribution is 5.86. The molecular weight excluding hydrogens is 270 g/mol. The Morgan fingerprint density at radius 1 is 1.33 bits per heavy atom. The lowest BCUT2D eigenvalue weighted by Crippen LogP contribution is -2.01. The van der Waals surface area contributed by atoms with Gasteiger partial charge in [0.15, 0.2) is 0 Å². The molecule has 0 saturated heterocycles. The minimum Gasteiger partial charge on any atom is -0.388 e. The molecule has 6 heteroatoms. The molecule has 1 aromatic carbocycles. The number of nitrogens with zero attached hydrogens (tertiary/aromatic N) is 1. The highest BCUT2D eigenvalue weighted by Gasteiger charge is 2.18. The SMILES string of the molecule is CCC(O)c1cc(-c2c(C)noc2C)cc2[nH]c(=O)[nH]c12. The van der Waals surface area contributed by atoms with Crippen molar-refractivity contribution in [2.75, 3.05) is 0 Å². The zero-order valence-electron chi connectivity index (χ0n) is 12.2. The van der Waals surface area contributed by atoms with Crippen molar-refractivity contribution in [1.82, 2.24) is 15.1 Å². The summed E-state index contributed by atoms with van der Waals surface area (Å²) in [6, 6.07) is 3.75. The van der Waals surface area contributed by atoms with Crippen LogP contribution in [0.1, 0.15) is 36.5 Å². The van der Waals surface area contributed by atoms with Gasteiger partial charge in [0.1, 0.15) is 5.76 Å². The van der Waals surface area contributed by atoms with Crippen molar-refractivity contribution in [3.8, 4) is 11.1 Å². The van der Waals surface area contributed by atoms with Crippen molar-refractivity contribution in [3.05, 3.63) is 39.6 Å². The lowest BCUT2D eigenvalue weighted by Gasteiger charge is -2.11. The smallest absolute Gasteiger partial charge is 0.323 e. The molecule has 3 N–H and O–H groups in total. The fourth-order valence-corrected chi connectivity index (χ4v) is 2.69. The number of aromatic amines is 2. The third-order valence-corrected chi connectivity index (χ3v) is 3.72. The molecule has 0 saturated carbocycles. The van der Waals surface area contributed by atoms with Gasteiger partial charge in [0.05, 0.1) is 22.8 Å². The summed E-state index contributed by atoms with van der Waals surface area (Å²) in [5.41, 5.74) is 4.26. The summed E-state index contributed by atoms with van der Waals surface area (Å²) in [4.78, 5) is 17.0. The third kappa shape index (κ3) is 2.17. The quantitative estimate of drug-likeness (QED) is 0.690. The first kappa shape index (κ1) is 13.6. The van der Waals surface area contributed by atoms with Gasteiger partial charge in [-0.3, -0.25) is 0 Å². The van der Waals surface area contributed by atoms with Crippen LogP contribution in [-0.2, 0) is 0 Å². The summed E-state index contributed by atoms with van der Waals surface area (Å²) in [6.07, 6.45) is -0.0766. The van der Waals surface area contributed by atoms with Crippen LogP contribution < -0.4 is 5.69 Å². The van der Waals surface area contributed by atoms with Gasteiger partial charge in [0.25, 0.3) is 0 Å². The summed E-state index contributed by atoms with van der Waals surface area (Å²) < 4.78 is 5.20. The Kier molecular flexibility index (Phi) is 3.17. The molecule has 3 rings (SSSR count). The first-order valence-electron chi connectivity index (χ1n) is 6.88. The van der Waals surface area contributed by atoms with Crippen LogP contribution in [0.5, 0.6) is 0 Å². The average Bonchev–Trinajstić information content (AvgIpc) is 2.98. The van der Waals surface area contributed by atoms with Gasteiger partial charge in [0.2, 0.25) is 0 Å². The van der Waals surface area contributed by atoms with Crippen LogP contribution in [-0.4, -0.2) is 20.2 Å². The maximum Gasteiger partial charge on any atom is 0.323 e. The molecule has 1 atom stereocenters. The Hall–Kier alpha value is -2.34. The fraction of sp³-hybridized carbons (Fsp3) is 0.333. The van der Waals surface area contributed by atoms with E-state index in [-0.39, 0.29) is 5.69 Å². The summed E-state index contributed by atoms with van der Waals surface area (Å²) >= 11 is 0. The Bertz CT molecular complexity index is 837. The number of hydrogen-bond acceptors (Lipinski definition) is 4. The van der Waals surface area contributed by atoms with Crippen molar-refractivity contribution < 1.29 is 9.63 Å². The number of aliphatic hydroxyl groups is 1. The third-order valence-electron chi connectivity index (χ3n) is 3.72. The van der Waals surface area contributed by atoms with Crippen LogP contribution >= 0.6 is 0 Å². The van der Waals surface area contributed by atoms with Crippen molar-refractivity contribution in [2.24, 2.45) is 0 Å². The van der Waals surface area contributed by atoms with Gasteiger partial charge in [-0.05, 0) is 38.0 Å². The molecule has 0 aliphatic carbocycles. The first-order valence-corrected chi connectivity index (χ1v) is 6.88. The zero-order chi connectivity index (χ0) is 15.1. The number of aryl methyl sites for hydroxylation is 2. The van der Waals surface area contributed by atoms with Crippen LogP contribution in [0.2, 0.25) is 0 Å². The van der Waals surface area contributed by atoms with E-state index in [9.17, 15) is 9.90 Å². The fourth-order valence-electron chi connectivity index (χ4n) is 2.69. The summed E-state index contributed by atoms with van der Waals surface area (Å²) in [5, 5.41) is 14.2. The number of H-pyrrole nitrogens is 2. The van der Waals surface area contributed by atoms with E-state index in [1.165, 1.54) is 0 Å². The van der Waals surface area contributed by atoms with Crippen LogP contribution in [0.25, 0.3) is 22.2 Å². The van der Waals surface area contributed by atoms with Crippen LogP contribution in [0.3, 0.4) is 0 Å². The van der Waals surface area contributed by atoms with Gasteiger partial charge in [0, 0.05) is 11.1 Å². The molecule has 110 valence electrons. The van der Waals surface area contributed by atoms with E-state index in [1.54, 1.807) is 0 Å². The van der Waals surface area contributed by atoms with Crippen LogP contribution in [0.4, 0.5) is 0 Å². The number of imidazole rings is 1. The molecule has 3 aromatic rings. The van der Waals surface area contributed by atoms with Gasteiger partial charge in [-0.15, -0.1) is 0 Å². The first-order chi connectivity index (χ1) is 10.0. The van der Waals surface area contributed by atoms with Crippen molar-refractivity contribution in [2.45, 2.75) is 33.3 Å². The maximum atomic E-state index is 11.6. The molecule has 0 spiro atoms. The molecule has 0 fully saturated rings. The number of aliphatic hydroxyl groups excluding tert-OH is 1. The van der Waals surface area contributed by atoms with E-state index in [4.69, 9.17) is 4.52 Å². The molecule has 21 heavy (non-hydrogen) atoms. The Balaban J connectivity index is 2.32. The Morgan fingerprint density at radius 3 is 2.71 bits per heavy atom. The second-order valence-electron chi connectivity index (χ2n) is 5.19. The molecule has 2 heterocycles. The lowest BCUT2D eigenvalue weighted by molar-refractivity contribution is 0.175. The van der Waals surface area contributed by atoms with Gasteiger partial charge < -0.3 is 19.6 Å². The van der Waals surface area contributed by atoms with E-state index >= 15 is 0 Å². The second kappa shape index (κ2) is 4.89. The largest absolute Gasteiger partial charge is 0.388 e. The van der Waals surface area contributed by atoms with Crippen molar-refractivity contribution in [3.63, 3.8) is 0 Å². The van der Waals surface area contributed by atoms with E-state index in [0.717, 1.165) is 16.8 Å². The molecule has 0 bridgehead atoms. The van der Waals surface area contributed by atoms with Gasteiger partial charge >= 0.3 is 5.69 Å². The molecule has 0 amide bonds. The average molecular weight is 287 g/mol. The van der Waals surface area contributed by atoms with Crippen molar-refractivity contribution in [1.29, 1.82) is 0 Å². The van der Waals surface area contributed by atoms with Gasteiger partial charge in [-0.2, -0.15) is 0 Å². The molecule has 0 radical (unpaired) electrons. The highest BCUT2D eigenvalue weighted by atomic mass is 16.5. The monoisotopic (exact) mass is 287 g/mol. The van der Waals surface area contributed by atoms with E-state index in [0.29, 0.717) is 28.8 Å². The predicted octanol–water partition coefficient (Wildman–Crippen LogP) is 2.57. The van der Waals surface area contributed by atoms with E-state index in [1.807, 2.05) is 32.9 Å². The Morgan fingerprint density at radius 2 is 2.10 bits per heavy atom. The zero-order valence-corrected chi connectivity index (χ0v) is 12.2. The van der Waals surface area contributed by atoms with Gasteiger partial charge in [-0.1, -0.05) is 12.1 Å². The number of rotatable bonds is 3. The second-order valence-corrected chi connectivity index (χ2v) is 5.19. The summed E-state index contributed by atoms with van der Waals surface area (Å²) in [6.45, 7) is 5.60. The lowest BCUT2D eigenvalue weighted by atomic mass is 9.97. The highest BCUT2D eigenvalue weighted by Crippen LogP contribution is 2.33. The normalized spacial score (nSPS) is 13.0. The topological polar surface area (TPSA) is 94.9 Å². The molecule has 6 nitrogen and oxygen atoms in total. The number of fused-ring (bicyclic) bond motifs is 1. The van der Waals surface area contributed by atoms with Gasteiger partial charge in [-0.25, -0.2) is 4.79 Å². The van der Waals surface area contributed by atoms with E-state index in [2.05, 4.69) is 15.1 Å². The van der Waals surface area contributed by atoms with E-state index < -0.39 is 6.10 Å². The standard InChI is InChI=1S/C15H17N3O3/c1-4-12(19)10-5-9(13-7(2)18-21-8(13)3)6-11-14(10)17-15(20)16-11/h5-6,12,19H,4H2,1-3H3,(H2,16,17,20). The molecule has 1 unspecified atom stereocenters. The van der Waals surface area contributed by atoms with Crippen molar-refractivity contribution >= 4 is 11.0 Å². The number of benzene rings is 1. The molecule has 0 aliphatic rings. The predicted molar refractivity (Wildman–Crippen MR) is 79.1 cm³/mol. The summed E-state index contributed by atoms with van der Waals surface area (Å²) in [5.74, 6) is 0.710. The van der Waals surface area contributed by atoms with Crippen LogP contribution in [0.15, 0.2) is 21.5 Å².